The van der Waals surface area contributed by atoms with Crippen molar-refractivity contribution in [2.24, 2.45) is 0 Å². The first-order chi connectivity index (χ1) is 14.9. The average molecular weight is 442 g/mol. The number of rotatable bonds is 6. The quantitative estimate of drug-likeness (QED) is 0.591. The SMILES string of the molecule is COc1ccc(CNC(=O)[C@H](C)OC(=O)c2sc3nc4n(c(=O)c3c2C)CCC4)cc1. The first-order valence-corrected chi connectivity index (χ1v) is 10.8. The molecule has 1 atom stereocenters. The molecule has 0 saturated carbocycles. The van der Waals surface area contributed by atoms with Crippen LogP contribution in [0, 0.1) is 6.92 Å². The summed E-state index contributed by atoms with van der Waals surface area (Å²) in [6, 6.07) is 7.31. The lowest BCUT2D eigenvalue weighted by molar-refractivity contribution is -0.129. The van der Waals surface area contributed by atoms with Gasteiger partial charge in [0.05, 0.1) is 12.5 Å². The molecule has 0 spiro atoms. The summed E-state index contributed by atoms with van der Waals surface area (Å²) in [7, 11) is 1.59. The molecule has 0 radical (unpaired) electrons. The highest BCUT2D eigenvalue weighted by Gasteiger charge is 2.26. The van der Waals surface area contributed by atoms with E-state index in [4.69, 9.17) is 9.47 Å². The average Bonchev–Trinajstić information content (AvgIpc) is 3.37. The maximum atomic E-state index is 12.8. The Hall–Kier alpha value is -3.20. The Morgan fingerprint density at radius 1 is 1.29 bits per heavy atom. The van der Waals surface area contributed by atoms with Gasteiger partial charge in [-0.2, -0.15) is 0 Å². The number of esters is 1. The molecule has 2 aromatic heterocycles. The van der Waals surface area contributed by atoms with E-state index in [1.807, 2.05) is 24.3 Å². The number of methoxy groups -OCH3 is 1. The van der Waals surface area contributed by atoms with Crippen molar-refractivity contribution in [2.45, 2.75) is 45.9 Å². The van der Waals surface area contributed by atoms with Crippen LogP contribution in [0.1, 0.15) is 40.0 Å². The molecule has 0 saturated heterocycles. The monoisotopic (exact) mass is 441 g/mol. The van der Waals surface area contributed by atoms with E-state index in [0.717, 1.165) is 41.3 Å². The smallest absolute Gasteiger partial charge is 0.349 e. The summed E-state index contributed by atoms with van der Waals surface area (Å²) in [5, 5.41) is 3.21. The number of ether oxygens (including phenoxy) is 2. The van der Waals surface area contributed by atoms with Crippen LogP contribution in [0.3, 0.4) is 0 Å². The number of carbonyl (C=O) groups is 2. The second-order valence-electron chi connectivity index (χ2n) is 7.44. The van der Waals surface area contributed by atoms with E-state index in [9.17, 15) is 14.4 Å². The van der Waals surface area contributed by atoms with Crippen LogP contribution in [0.5, 0.6) is 5.75 Å². The zero-order valence-corrected chi connectivity index (χ0v) is 18.4. The molecular weight excluding hydrogens is 418 g/mol. The van der Waals surface area contributed by atoms with Crippen LogP contribution in [0.25, 0.3) is 10.2 Å². The summed E-state index contributed by atoms with van der Waals surface area (Å²) in [6.45, 7) is 4.19. The molecule has 31 heavy (non-hydrogen) atoms. The Balaban J connectivity index is 1.44. The normalized spacial score (nSPS) is 13.6. The van der Waals surface area contributed by atoms with Crippen molar-refractivity contribution < 1.29 is 19.1 Å². The number of benzene rings is 1. The van der Waals surface area contributed by atoms with Gasteiger partial charge in [0, 0.05) is 19.5 Å². The van der Waals surface area contributed by atoms with Crippen LogP contribution in [-0.4, -0.2) is 34.6 Å². The van der Waals surface area contributed by atoms with Crippen molar-refractivity contribution >= 4 is 33.4 Å². The Morgan fingerprint density at radius 2 is 2.03 bits per heavy atom. The molecule has 162 valence electrons. The number of carbonyl (C=O) groups excluding carboxylic acids is 2. The zero-order valence-electron chi connectivity index (χ0n) is 17.6. The molecule has 1 aliphatic rings. The van der Waals surface area contributed by atoms with Crippen molar-refractivity contribution in [3.05, 3.63) is 56.4 Å². The van der Waals surface area contributed by atoms with Gasteiger partial charge in [-0.1, -0.05) is 12.1 Å². The van der Waals surface area contributed by atoms with Crippen molar-refractivity contribution in [1.82, 2.24) is 14.9 Å². The van der Waals surface area contributed by atoms with Gasteiger partial charge in [0.1, 0.15) is 21.3 Å². The largest absolute Gasteiger partial charge is 0.497 e. The van der Waals surface area contributed by atoms with E-state index >= 15 is 0 Å². The molecule has 4 rings (SSSR count). The van der Waals surface area contributed by atoms with Crippen molar-refractivity contribution in [3.8, 4) is 5.75 Å². The molecule has 1 aromatic carbocycles. The van der Waals surface area contributed by atoms with E-state index in [2.05, 4.69) is 10.3 Å². The van der Waals surface area contributed by atoms with E-state index in [1.54, 1.807) is 18.6 Å². The van der Waals surface area contributed by atoms with Crippen LogP contribution in [0.4, 0.5) is 0 Å². The minimum Gasteiger partial charge on any atom is -0.497 e. The lowest BCUT2D eigenvalue weighted by atomic mass is 10.2. The second-order valence-corrected chi connectivity index (χ2v) is 8.44. The molecule has 0 unspecified atom stereocenters. The first kappa shape index (κ1) is 21.0. The summed E-state index contributed by atoms with van der Waals surface area (Å²) in [5.74, 6) is 0.456. The molecule has 1 aliphatic heterocycles. The van der Waals surface area contributed by atoms with Crippen molar-refractivity contribution in [1.29, 1.82) is 0 Å². The highest BCUT2D eigenvalue weighted by molar-refractivity contribution is 7.20. The third-order valence-corrected chi connectivity index (χ3v) is 6.54. The molecule has 8 nitrogen and oxygen atoms in total. The molecular formula is C22H23N3O5S. The van der Waals surface area contributed by atoms with Gasteiger partial charge in [-0.3, -0.25) is 14.2 Å². The Bertz CT molecular complexity index is 1210. The summed E-state index contributed by atoms with van der Waals surface area (Å²) < 4.78 is 12.2. The minimum absolute atomic E-state index is 0.115. The molecule has 1 amide bonds. The maximum Gasteiger partial charge on any atom is 0.349 e. The number of amides is 1. The fourth-order valence-electron chi connectivity index (χ4n) is 3.61. The molecule has 0 bridgehead atoms. The number of nitrogens with one attached hydrogen (secondary N) is 1. The standard InChI is InChI=1S/C22H23N3O5S/c1-12-17-20(24-16-5-4-10-25(16)21(17)27)31-18(12)22(28)30-13(2)19(26)23-11-14-6-8-15(29-3)9-7-14/h6-9,13H,4-5,10-11H2,1-3H3,(H,23,26)/t13-/m0/s1. The molecule has 0 fully saturated rings. The minimum atomic E-state index is -0.977. The van der Waals surface area contributed by atoms with E-state index < -0.39 is 18.0 Å². The molecule has 9 heteroatoms. The Morgan fingerprint density at radius 3 is 2.74 bits per heavy atom. The lowest BCUT2D eigenvalue weighted by Gasteiger charge is -2.13. The van der Waals surface area contributed by atoms with Gasteiger partial charge < -0.3 is 14.8 Å². The Kier molecular flexibility index (Phi) is 5.77. The van der Waals surface area contributed by atoms with Gasteiger partial charge in [0.15, 0.2) is 6.10 Å². The summed E-state index contributed by atoms with van der Waals surface area (Å²) in [6.07, 6.45) is 0.679. The number of nitrogens with zero attached hydrogens (tertiary/aromatic N) is 2. The van der Waals surface area contributed by atoms with Crippen LogP contribution in [0.15, 0.2) is 29.1 Å². The number of hydrogen-bond acceptors (Lipinski definition) is 7. The van der Waals surface area contributed by atoms with Crippen molar-refractivity contribution in [2.75, 3.05) is 7.11 Å². The number of aromatic nitrogens is 2. The molecule has 3 aromatic rings. The van der Waals surface area contributed by atoms with Gasteiger partial charge in [-0.05, 0) is 43.5 Å². The highest BCUT2D eigenvalue weighted by Crippen LogP contribution is 2.29. The zero-order chi connectivity index (χ0) is 22.1. The highest BCUT2D eigenvalue weighted by atomic mass is 32.1. The summed E-state index contributed by atoms with van der Waals surface area (Å²) in [5.41, 5.74) is 1.33. The number of hydrogen-bond donors (Lipinski definition) is 1. The fraction of sp³-hybridized carbons (Fsp3) is 0.364. The van der Waals surface area contributed by atoms with Gasteiger partial charge >= 0.3 is 5.97 Å². The maximum absolute atomic E-state index is 12.8. The van der Waals surface area contributed by atoms with Gasteiger partial charge in [-0.25, -0.2) is 9.78 Å². The van der Waals surface area contributed by atoms with E-state index in [0.29, 0.717) is 33.7 Å². The number of fused-ring (bicyclic) bond motifs is 2. The lowest BCUT2D eigenvalue weighted by Crippen LogP contribution is -2.35. The number of thiophene rings is 1. The molecule has 0 aliphatic carbocycles. The van der Waals surface area contributed by atoms with Crippen LogP contribution >= 0.6 is 11.3 Å². The van der Waals surface area contributed by atoms with Crippen molar-refractivity contribution in [3.63, 3.8) is 0 Å². The number of aryl methyl sites for hydroxylation is 2. The van der Waals surface area contributed by atoms with Gasteiger partial charge in [0.2, 0.25) is 0 Å². The predicted molar refractivity (Wildman–Crippen MR) is 117 cm³/mol. The third kappa shape index (κ3) is 4.05. The topological polar surface area (TPSA) is 99.5 Å². The Labute approximate surface area is 182 Å². The predicted octanol–water partition coefficient (Wildman–Crippen LogP) is 2.58. The van der Waals surface area contributed by atoms with Gasteiger partial charge in [0.25, 0.3) is 11.5 Å². The summed E-state index contributed by atoms with van der Waals surface area (Å²) >= 11 is 1.14. The van der Waals surface area contributed by atoms with Crippen LogP contribution < -0.4 is 15.6 Å². The van der Waals surface area contributed by atoms with E-state index in [1.165, 1.54) is 6.92 Å². The van der Waals surface area contributed by atoms with Gasteiger partial charge in [-0.15, -0.1) is 11.3 Å². The fourth-order valence-corrected chi connectivity index (χ4v) is 4.69. The molecule has 1 N–H and O–H groups in total. The molecule has 3 heterocycles. The van der Waals surface area contributed by atoms with Crippen LogP contribution in [-0.2, 0) is 29.0 Å². The second kappa shape index (κ2) is 8.50. The third-order valence-electron chi connectivity index (χ3n) is 5.38. The summed E-state index contributed by atoms with van der Waals surface area (Å²) in [4.78, 5) is 43.3. The first-order valence-electron chi connectivity index (χ1n) is 10.0. The van der Waals surface area contributed by atoms with Crippen LogP contribution in [0.2, 0.25) is 0 Å². The van der Waals surface area contributed by atoms with E-state index in [-0.39, 0.29) is 5.56 Å².